The van der Waals surface area contributed by atoms with Crippen LogP contribution in [0.3, 0.4) is 0 Å². The molecular formula is C18H16ClN3O. The Balaban J connectivity index is 1.75. The average molecular weight is 326 g/mol. The fraction of sp³-hybridized carbons (Fsp3) is 0.111. The number of aromatic nitrogens is 2. The van der Waals surface area contributed by atoms with E-state index in [-0.39, 0.29) is 11.9 Å². The molecule has 116 valence electrons. The highest BCUT2D eigenvalue weighted by Gasteiger charge is 2.15. The van der Waals surface area contributed by atoms with Crippen LogP contribution in [0.2, 0.25) is 5.02 Å². The molecule has 0 saturated heterocycles. The molecule has 3 rings (SSSR count). The normalized spacial score (nSPS) is 11.9. The number of hydrogen-bond donors (Lipinski definition) is 1. The van der Waals surface area contributed by atoms with Gasteiger partial charge in [0.1, 0.15) is 0 Å². The van der Waals surface area contributed by atoms with Gasteiger partial charge in [0.25, 0.3) is 5.91 Å². The van der Waals surface area contributed by atoms with E-state index in [1.807, 2.05) is 41.1 Å². The SMILES string of the molecule is O=C(NCC(c1ccccc1)n1ccnc1)c1ccc(Cl)cc1. The maximum atomic E-state index is 12.3. The van der Waals surface area contributed by atoms with Crippen molar-refractivity contribution in [3.8, 4) is 0 Å². The minimum Gasteiger partial charge on any atom is -0.350 e. The average Bonchev–Trinajstić information content (AvgIpc) is 3.11. The Labute approximate surface area is 139 Å². The molecule has 1 aromatic heterocycles. The van der Waals surface area contributed by atoms with Gasteiger partial charge in [0, 0.05) is 29.5 Å². The molecule has 0 bridgehead atoms. The van der Waals surface area contributed by atoms with Crippen LogP contribution in [0, 0.1) is 0 Å². The van der Waals surface area contributed by atoms with Gasteiger partial charge in [-0.3, -0.25) is 4.79 Å². The van der Waals surface area contributed by atoms with Crippen molar-refractivity contribution in [2.24, 2.45) is 0 Å². The van der Waals surface area contributed by atoms with Crippen molar-refractivity contribution in [2.75, 3.05) is 6.54 Å². The van der Waals surface area contributed by atoms with Gasteiger partial charge in [-0.1, -0.05) is 41.9 Å². The van der Waals surface area contributed by atoms with E-state index in [4.69, 9.17) is 11.6 Å². The first kappa shape index (κ1) is 15.3. The predicted molar refractivity (Wildman–Crippen MR) is 90.6 cm³/mol. The van der Waals surface area contributed by atoms with Gasteiger partial charge in [-0.25, -0.2) is 4.98 Å². The number of nitrogens with zero attached hydrogens (tertiary/aromatic N) is 2. The standard InChI is InChI=1S/C18H16ClN3O/c19-16-8-6-15(7-9-16)18(23)21-12-17(22-11-10-20-13-22)14-4-2-1-3-5-14/h1-11,13,17H,12H2,(H,21,23). The molecule has 0 saturated carbocycles. The van der Waals surface area contributed by atoms with Crippen LogP contribution in [0.1, 0.15) is 22.0 Å². The topological polar surface area (TPSA) is 46.9 Å². The molecule has 5 heteroatoms. The molecule has 0 spiro atoms. The first-order chi connectivity index (χ1) is 11.2. The van der Waals surface area contributed by atoms with E-state index in [1.54, 1.807) is 36.8 Å². The number of hydrogen-bond acceptors (Lipinski definition) is 2. The van der Waals surface area contributed by atoms with Crippen molar-refractivity contribution >= 4 is 17.5 Å². The molecule has 1 unspecified atom stereocenters. The van der Waals surface area contributed by atoms with Crippen molar-refractivity contribution in [1.29, 1.82) is 0 Å². The maximum Gasteiger partial charge on any atom is 0.251 e. The van der Waals surface area contributed by atoms with Crippen LogP contribution in [0.5, 0.6) is 0 Å². The smallest absolute Gasteiger partial charge is 0.251 e. The summed E-state index contributed by atoms with van der Waals surface area (Å²) in [5, 5.41) is 3.59. The fourth-order valence-corrected chi connectivity index (χ4v) is 2.54. The van der Waals surface area contributed by atoms with Crippen molar-refractivity contribution in [1.82, 2.24) is 14.9 Å². The molecule has 1 N–H and O–H groups in total. The van der Waals surface area contributed by atoms with Crippen LogP contribution in [0.4, 0.5) is 0 Å². The van der Waals surface area contributed by atoms with Crippen molar-refractivity contribution in [3.05, 3.63) is 89.5 Å². The first-order valence-corrected chi connectivity index (χ1v) is 7.68. The minimum atomic E-state index is -0.122. The lowest BCUT2D eigenvalue weighted by atomic mass is 10.1. The minimum absolute atomic E-state index is 0.00468. The van der Waals surface area contributed by atoms with Crippen LogP contribution in [0.15, 0.2) is 73.3 Å². The van der Waals surface area contributed by atoms with E-state index in [9.17, 15) is 4.79 Å². The molecular weight excluding hydrogens is 310 g/mol. The van der Waals surface area contributed by atoms with Crippen molar-refractivity contribution in [3.63, 3.8) is 0 Å². The maximum absolute atomic E-state index is 12.3. The van der Waals surface area contributed by atoms with Gasteiger partial charge in [-0.05, 0) is 29.8 Å². The Kier molecular flexibility index (Phi) is 4.74. The number of carbonyl (C=O) groups excluding carboxylic acids is 1. The summed E-state index contributed by atoms with van der Waals surface area (Å²) in [6.07, 6.45) is 5.38. The lowest BCUT2D eigenvalue weighted by Gasteiger charge is -2.19. The molecule has 0 aliphatic rings. The molecule has 1 atom stereocenters. The number of imidazole rings is 1. The second-order valence-corrected chi connectivity index (χ2v) is 5.59. The highest BCUT2D eigenvalue weighted by atomic mass is 35.5. The second-order valence-electron chi connectivity index (χ2n) is 5.15. The number of carbonyl (C=O) groups is 1. The van der Waals surface area contributed by atoms with Gasteiger partial charge in [0.05, 0.1) is 12.4 Å². The van der Waals surface area contributed by atoms with Gasteiger partial charge in [0.15, 0.2) is 0 Å². The summed E-state index contributed by atoms with van der Waals surface area (Å²) >= 11 is 5.85. The summed E-state index contributed by atoms with van der Waals surface area (Å²) in [6.45, 7) is 0.474. The zero-order valence-corrected chi connectivity index (χ0v) is 13.1. The zero-order chi connectivity index (χ0) is 16.1. The van der Waals surface area contributed by atoms with Crippen molar-refractivity contribution < 1.29 is 4.79 Å². The molecule has 4 nitrogen and oxygen atoms in total. The molecule has 2 aromatic carbocycles. The number of nitrogens with one attached hydrogen (secondary N) is 1. The van der Waals surface area contributed by atoms with E-state index in [2.05, 4.69) is 10.3 Å². The zero-order valence-electron chi connectivity index (χ0n) is 12.4. The van der Waals surface area contributed by atoms with E-state index >= 15 is 0 Å². The van der Waals surface area contributed by atoms with Crippen LogP contribution in [-0.4, -0.2) is 22.0 Å². The fourth-order valence-electron chi connectivity index (χ4n) is 2.42. The van der Waals surface area contributed by atoms with E-state index in [0.717, 1.165) is 5.56 Å². The Morgan fingerprint density at radius 3 is 2.52 bits per heavy atom. The second kappa shape index (κ2) is 7.11. The Morgan fingerprint density at radius 2 is 1.87 bits per heavy atom. The first-order valence-electron chi connectivity index (χ1n) is 7.30. The van der Waals surface area contributed by atoms with Gasteiger partial charge < -0.3 is 9.88 Å². The van der Waals surface area contributed by atoms with E-state index in [0.29, 0.717) is 17.1 Å². The summed E-state index contributed by atoms with van der Waals surface area (Å²) in [5.74, 6) is -0.122. The lowest BCUT2D eigenvalue weighted by molar-refractivity contribution is 0.0950. The third kappa shape index (κ3) is 3.79. The molecule has 0 aliphatic carbocycles. The molecule has 23 heavy (non-hydrogen) atoms. The van der Waals surface area contributed by atoms with Crippen LogP contribution >= 0.6 is 11.6 Å². The Bertz CT molecular complexity index is 755. The third-order valence-electron chi connectivity index (χ3n) is 3.63. The number of amides is 1. The van der Waals surface area contributed by atoms with E-state index in [1.165, 1.54) is 0 Å². The van der Waals surface area contributed by atoms with Gasteiger partial charge >= 0.3 is 0 Å². The monoisotopic (exact) mass is 325 g/mol. The molecule has 1 amide bonds. The molecule has 0 radical (unpaired) electrons. The third-order valence-corrected chi connectivity index (χ3v) is 3.88. The Hall–Kier alpha value is -2.59. The Morgan fingerprint density at radius 1 is 1.13 bits per heavy atom. The summed E-state index contributed by atoms with van der Waals surface area (Å²) < 4.78 is 1.98. The summed E-state index contributed by atoms with van der Waals surface area (Å²) in [6, 6.07) is 16.9. The van der Waals surface area contributed by atoms with E-state index < -0.39 is 0 Å². The number of halogens is 1. The molecule has 0 fully saturated rings. The summed E-state index contributed by atoms with van der Waals surface area (Å²) in [7, 11) is 0. The molecule has 3 aromatic rings. The van der Waals surface area contributed by atoms with Gasteiger partial charge in [0.2, 0.25) is 0 Å². The number of rotatable bonds is 5. The quantitative estimate of drug-likeness (QED) is 0.779. The lowest BCUT2D eigenvalue weighted by Crippen LogP contribution is -2.31. The van der Waals surface area contributed by atoms with Gasteiger partial charge in [-0.2, -0.15) is 0 Å². The van der Waals surface area contributed by atoms with Crippen molar-refractivity contribution in [2.45, 2.75) is 6.04 Å². The predicted octanol–water partition coefficient (Wildman–Crippen LogP) is 3.56. The molecule has 1 heterocycles. The van der Waals surface area contributed by atoms with Crippen LogP contribution < -0.4 is 5.32 Å². The molecule has 0 aliphatic heterocycles. The summed E-state index contributed by atoms with van der Waals surface area (Å²) in [5.41, 5.74) is 1.70. The van der Waals surface area contributed by atoms with Crippen LogP contribution in [-0.2, 0) is 0 Å². The van der Waals surface area contributed by atoms with Crippen LogP contribution in [0.25, 0.3) is 0 Å². The largest absolute Gasteiger partial charge is 0.350 e. The number of benzene rings is 2. The van der Waals surface area contributed by atoms with Gasteiger partial charge in [-0.15, -0.1) is 0 Å². The highest BCUT2D eigenvalue weighted by Crippen LogP contribution is 2.17. The summed E-state index contributed by atoms with van der Waals surface area (Å²) in [4.78, 5) is 16.4. The highest BCUT2D eigenvalue weighted by molar-refractivity contribution is 6.30.